The van der Waals surface area contributed by atoms with Crippen molar-refractivity contribution >= 4 is 17.4 Å². The Morgan fingerprint density at radius 2 is 1.64 bits per heavy atom. The van der Waals surface area contributed by atoms with E-state index < -0.39 is 0 Å². The van der Waals surface area contributed by atoms with Gasteiger partial charge in [-0.05, 0) is 29.2 Å². The molecule has 0 spiro atoms. The standard InChI is InChI=1S/C22H23NO3.C2H6/c1-22(2,3)19-13-16(23-11-10-17(24)14-20(23)25)12-18(21(19)26-4)15-8-6-5-7-9-15;1-2/h5-13H,14H2,1-4H3;1-2H3. The molecule has 2 aromatic rings. The lowest BCUT2D eigenvalue weighted by Gasteiger charge is -2.28. The van der Waals surface area contributed by atoms with Gasteiger partial charge in [-0.2, -0.15) is 0 Å². The van der Waals surface area contributed by atoms with Crippen LogP contribution in [0, 0.1) is 0 Å². The van der Waals surface area contributed by atoms with Crippen LogP contribution in [-0.4, -0.2) is 18.8 Å². The van der Waals surface area contributed by atoms with Gasteiger partial charge in [0, 0.05) is 23.0 Å². The molecule has 3 rings (SSSR count). The molecule has 28 heavy (non-hydrogen) atoms. The Morgan fingerprint density at radius 3 is 2.18 bits per heavy atom. The third-order valence-electron chi connectivity index (χ3n) is 4.45. The Bertz CT molecular complexity index is 877. The average Bonchev–Trinajstić information content (AvgIpc) is 2.68. The first kappa shape index (κ1) is 21.4. The van der Waals surface area contributed by atoms with Gasteiger partial charge in [-0.1, -0.05) is 65.0 Å². The summed E-state index contributed by atoms with van der Waals surface area (Å²) in [5, 5.41) is 0. The number of allylic oxidation sites excluding steroid dienone is 1. The Balaban J connectivity index is 0.00000136. The minimum absolute atomic E-state index is 0.103. The summed E-state index contributed by atoms with van der Waals surface area (Å²) in [6.07, 6.45) is 2.90. The van der Waals surface area contributed by atoms with Crippen molar-refractivity contribution in [1.82, 2.24) is 0 Å². The monoisotopic (exact) mass is 379 g/mol. The van der Waals surface area contributed by atoms with Crippen molar-refractivity contribution in [1.29, 1.82) is 0 Å². The minimum Gasteiger partial charge on any atom is -0.496 e. The largest absolute Gasteiger partial charge is 0.496 e. The molecule has 148 valence electrons. The Kier molecular flexibility index (Phi) is 6.79. The summed E-state index contributed by atoms with van der Waals surface area (Å²) in [5.41, 5.74) is 3.51. The number of carbonyl (C=O) groups is 2. The van der Waals surface area contributed by atoms with E-state index in [9.17, 15) is 9.59 Å². The van der Waals surface area contributed by atoms with E-state index in [0.717, 1.165) is 28.1 Å². The topological polar surface area (TPSA) is 46.6 Å². The van der Waals surface area contributed by atoms with E-state index in [-0.39, 0.29) is 23.5 Å². The van der Waals surface area contributed by atoms with E-state index in [2.05, 4.69) is 20.8 Å². The fraction of sp³-hybridized carbons (Fsp3) is 0.333. The number of hydrogen-bond donors (Lipinski definition) is 0. The summed E-state index contributed by atoms with van der Waals surface area (Å²) in [5.74, 6) is 0.414. The second-order valence-electron chi connectivity index (χ2n) is 7.41. The molecule has 4 nitrogen and oxygen atoms in total. The fourth-order valence-electron chi connectivity index (χ4n) is 3.13. The van der Waals surface area contributed by atoms with Crippen LogP contribution in [0.2, 0.25) is 0 Å². The van der Waals surface area contributed by atoms with Crippen LogP contribution in [0.5, 0.6) is 5.75 Å². The van der Waals surface area contributed by atoms with Gasteiger partial charge in [-0.15, -0.1) is 0 Å². The van der Waals surface area contributed by atoms with Crippen molar-refractivity contribution in [2.75, 3.05) is 12.0 Å². The summed E-state index contributed by atoms with van der Waals surface area (Å²) in [4.78, 5) is 25.4. The zero-order chi connectivity index (χ0) is 20.9. The van der Waals surface area contributed by atoms with Crippen molar-refractivity contribution in [2.24, 2.45) is 0 Å². The van der Waals surface area contributed by atoms with Gasteiger partial charge >= 0.3 is 0 Å². The number of rotatable bonds is 3. The van der Waals surface area contributed by atoms with Crippen LogP contribution < -0.4 is 9.64 Å². The van der Waals surface area contributed by atoms with Gasteiger partial charge in [0.2, 0.25) is 5.91 Å². The molecule has 0 atom stereocenters. The molecule has 2 aromatic carbocycles. The van der Waals surface area contributed by atoms with E-state index in [1.807, 2.05) is 56.3 Å². The predicted molar refractivity (Wildman–Crippen MR) is 115 cm³/mol. The zero-order valence-corrected chi connectivity index (χ0v) is 17.6. The SMILES string of the molecule is CC.COc1c(-c2ccccc2)cc(N2C=CC(=O)CC2=O)cc1C(C)(C)C. The van der Waals surface area contributed by atoms with Gasteiger partial charge in [0.25, 0.3) is 0 Å². The van der Waals surface area contributed by atoms with E-state index in [1.54, 1.807) is 18.2 Å². The van der Waals surface area contributed by atoms with Crippen molar-refractivity contribution in [3.05, 3.63) is 60.3 Å². The predicted octanol–water partition coefficient (Wildman–Crippen LogP) is 5.51. The zero-order valence-electron chi connectivity index (χ0n) is 17.6. The van der Waals surface area contributed by atoms with Crippen molar-refractivity contribution in [3.63, 3.8) is 0 Å². The van der Waals surface area contributed by atoms with Crippen LogP contribution >= 0.6 is 0 Å². The molecule has 0 bridgehead atoms. The highest BCUT2D eigenvalue weighted by atomic mass is 16.5. The van der Waals surface area contributed by atoms with Gasteiger partial charge in [0.15, 0.2) is 5.78 Å². The molecule has 4 heteroatoms. The molecule has 0 radical (unpaired) electrons. The number of benzene rings is 2. The molecular formula is C24H29NO3. The van der Waals surface area contributed by atoms with E-state index in [4.69, 9.17) is 4.74 Å². The summed E-state index contributed by atoms with van der Waals surface area (Å²) < 4.78 is 5.77. The summed E-state index contributed by atoms with van der Waals surface area (Å²) in [6, 6.07) is 13.9. The first-order chi connectivity index (χ1) is 13.3. The van der Waals surface area contributed by atoms with Crippen LogP contribution in [0.3, 0.4) is 0 Å². The number of hydrogen-bond acceptors (Lipinski definition) is 3. The van der Waals surface area contributed by atoms with E-state index >= 15 is 0 Å². The number of anilines is 1. The van der Waals surface area contributed by atoms with Crippen LogP contribution in [-0.2, 0) is 15.0 Å². The second-order valence-corrected chi connectivity index (χ2v) is 7.41. The molecule has 0 aliphatic carbocycles. The highest BCUT2D eigenvalue weighted by molar-refractivity contribution is 6.13. The van der Waals surface area contributed by atoms with Gasteiger partial charge in [0.1, 0.15) is 5.75 Å². The Hall–Kier alpha value is -2.88. The summed E-state index contributed by atoms with van der Waals surface area (Å²) >= 11 is 0. The lowest BCUT2D eigenvalue weighted by Crippen LogP contribution is -2.31. The molecule has 0 fully saturated rings. The smallest absolute Gasteiger partial charge is 0.238 e. The quantitative estimate of drug-likeness (QED) is 0.661. The summed E-state index contributed by atoms with van der Waals surface area (Å²) in [6.45, 7) is 10.3. The Labute approximate surface area is 167 Å². The lowest BCUT2D eigenvalue weighted by atomic mass is 9.83. The molecule has 1 amide bonds. The van der Waals surface area contributed by atoms with E-state index in [0.29, 0.717) is 0 Å². The normalized spacial score (nSPS) is 13.9. The number of methoxy groups -OCH3 is 1. The van der Waals surface area contributed by atoms with Gasteiger partial charge in [-0.3, -0.25) is 14.5 Å². The molecule has 0 N–H and O–H groups in total. The molecule has 1 aliphatic heterocycles. The number of ether oxygens (including phenoxy) is 1. The molecule has 1 aliphatic rings. The number of ketones is 1. The maximum absolute atomic E-state index is 12.4. The van der Waals surface area contributed by atoms with Crippen LogP contribution in [0.25, 0.3) is 11.1 Å². The lowest BCUT2D eigenvalue weighted by molar-refractivity contribution is -0.124. The highest BCUT2D eigenvalue weighted by Crippen LogP contribution is 2.42. The molecule has 0 aromatic heterocycles. The van der Waals surface area contributed by atoms with Gasteiger partial charge < -0.3 is 4.74 Å². The van der Waals surface area contributed by atoms with Crippen LogP contribution in [0.1, 0.15) is 46.6 Å². The maximum Gasteiger partial charge on any atom is 0.238 e. The van der Waals surface area contributed by atoms with Crippen molar-refractivity contribution in [2.45, 2.75) is 46.5 Å². The highest BCUT2D eigenvalue weighted by Gasteiger charge is 2.27. The third-order valence-corrected chi connectivity index (χ3v) is 4.45. The van der Waals surface area contributed by atoms with Gasteiger partial charge in [0.05, 0.1) is 13.5 Å². The Morgan fingerprint density at radius 1 is 1.00 bits per heavy atom. The number of carbonyl (C=O) groups excluding carboxylic acids is 2. The minimum atomic E-state index is -0.221. The van der Waals surface area contributed by atoms with Crippen LogP contribution in [0.15, 0.2) is 54.7 Å². The second kappa shape index (κ2) is 8.87. The van der Waals surface area contributed by atoms with Crippen LogP contribution in [0.4, 0.5) is 5.69 Å². The molecule has 0 unspecified atom stereocenters. The molecule has 0 saturated heterocycles. The van der Waals surface area contributed by atoms with Gasteiger partial charge in [-0.25, -0.2) is 0 Å². The number of nitrogens with zero attached hydrogens (tertiary/aromatic N) is 1. The molecular weight excluding hydrogens is 350 g/mol. The molecule has 0 saturated carbocycles. The molecule has 1 heterocycles. The average molecular weight is 380 g/mol. The first-order valence-electron chi connectivity index (χ1n) is 9.62. The first-order valence-corrected chi connectivity index (χ1v) is 9.62. The fourth-order valence-corrected chi connectivity index (χ4v) is 3.13. The summed E-state index contributed by atoms with van der Waals surface area (Å²) in [7, 11) is 1.67. The maximum atomic E-state index is 12.4. The van der Waals surface area contributed by atoms with Crippen molar-refractivity contribution in [3.8, 4) is 16.9 Å². The van der Waals surface area contributed by atoms with Crippen molar-refractivity contribution < 1.29 is 14.3 Å². The number of amides is 1. The third kappa shape index (κ3) is 4.50. The van der Waals surface area contributed by atoms with E-state index in [1.165, 1.54) is 6.08 Å².